The summed E-state index contributed by atoms with van der Waals surface area (Å²) in [6.45, 7) is 2.36. The number of carbonyl (C=O) groups is 1. The molecular weight excluding hydrogens is 496 g/mol. The molecule has 0 saturated heterocycles. The molecule has 0 amide bonds. The smallest absolute Gasteiger partial charge is 0.337 e. The monoisotopic (exact) mass is 526 g/mol. The average Bonchev–Trinajstić information content (AvgIpc) is 3.34. The van der Waals surface area contributed by atoms with Crippen LogP contribution in [-0.4, -0.2) is 41.0 Å². The van der Waals surface area contributed by atoms with Crippen LogP contribution in [0, 0.1) is 11.8 Å². The van der Waals surface area contributed by atoms with Gasteiger partial charge >= 0.3 is 5.97 Å². The van der Waals surface area contributed by atoms with E-state index in [4.69, 9.17) is 23.1 Å². The fourth-order valence-corrected chi connectivity index (χ4v) is 5.12. The van der Waals surface area contributed by atoms with E-state index in [0.717, 1.165) is 16.5 Å². The van der Waals surface area contributed by atoms with Crippen LogP contribution in [0.25, 0.3) is 6.08 Å². The molecule has 1 heterocycles. The molecule has 4 rings (SSSR count). The summed E-state index contributed by atoms with van der Waals surface area (Å²) in [6, 6.07) is 16.9. The van der Waals surface area contributed by atoms with Gasteiger partial charge in [-0.15, -0.1) is 0 Å². The average molecular weight is 527 g/mol. The Labute approximate surface area is 217 Å². The van der Waals surface area contributed by atoms with Crippen molar-refractivity contribution < 1.29 is 36.3 Å². The SMILES string of the molecule is CCOS(=O)(=O)/C=C/c1ccc(OCC2=CC[C@@H]3C(C(=O)OC)=CO[C@@H](OCc4ccccc4)[C@H]23)cc1. The lowest BCUT2D eigenvalue weighted by molar-refractivity contribution is -0.161. The molecule has 0 spiro atoms. The van der Waals surface area contributed by atoms with Gasteiger partial charge in [-0.1, -0.05) is 48.5 Å². The minimum absolute atomic E-state index is 0.0806. The molecule has 0 radical (unpaired) electrons. The van der Waals surface area contributed by atoms with E-state index < -0.39 is 22.4 Å². The molecule has 196 valence electrons. The maximum absolute atomic E-state index is 12.3. The van der Waals surface area contributed by atoms with Gasteiger partial charge in [0.2, 0.25) is 6.29 Å². The first-order chi connectivity index (χ1) is 17.9. The first-order valence-corrected chi connectivity index (χ1v) is 13.5. The molecule has 2 aromatic rings. The van der Waals surface area contributed by atoms with Gasteiger partial charge in [-0.2, -0.15) is 8.42 Å². The third kappa shape index (κ3) is 6.88. The number of ether oxygens (including phenoxy) is 4. The molecule has 3 atom stereocenters. The number of allylic oxidation sites excluding steroid dienone is 1. The summed E-state index contributed by atoms with van der Waals surface area (Å²) in [6.07, 6.45) is 5.06. The highest BCUT2D eigenvalue weighted by Crippen LogP contribution is 2.44. The molecule has 37 heavy (non-hydrogen) atoms. The van der Waals surface area contributed by atoms with Crippen molar-refractivity contribution in [1.82, 2.24) is 0 Å². The number of benzene rings is 2. The summed E-state index contributed by atoms with van der Waals surface area (Å²) in [5.41, 5.74) is 3.17. The van der Waals surface area contributed by atoms with Crippen LogP contribution < -0.4 is 4.74 Å². The van der Waals surface area contributed by atoms with Crippen molar-refractivity contribution in [3.05, 3.63) is 94.6 Å². The molecule has 1 aliphatic carbocycles. The number of hydrogen-bond acceptors (Lipinski definition) is 8. The standard InChI is InChI=1S/C28H30O8S/c1-3-36-37(30,31)16-15-20-9-12-23(13-10-20)33-18-22-11-14-24-25(27(29)32-2)19-35-28(26(22)24)34-17-21-7-5-4-6-8-21/h4-13,15-16,19,24,26,28H,3,14,17-18H2,1-2H3/b16-15+/t24-,26-,28-/m1/s1. The molecule has 2 aromatic carbocycles. The third-order valence-corrected chi connectivity index (χ3v) is 7.22. The van der Waals surface area contributed by atoms with Crippen LogP contribution in [0.4, 0.5) is 0 Å². The number of carbonyl (C=O) groups excluding carboxylic acids is 1. The van der Waals surface area contributed by atoms with Crippen LogP contribution in [-0.2, 0) is 39.9 Å². The van der Waals surface area contributed by atoms with E-state index in [0.29, 0.717) is 29.9 Å². The van der Waals surface area contributed by atoms with Crippen molar-refractivity contribution in [1.29, 1.82) is 0 Å². The second kappa shape index (κ2) is 12.2. The van der Waals surface area contributed by atoms with Crippen molar-refractivity contribution in [3.8, 4) is 5.75 Å². The Hall–Kier alpha value is -3.40. The van der Waals surface area contributed by atoms with E-state index in [2.05, 4.69) is 6.08 Å². The predicted octanol–water partition coefficient (Wildman–Crippen LogP) is 4.59. The zero-order valence-corrected chi connectivity index (χ0v) is 21.6. The Morgan fingerprint density at radius 3 is 2.54 bits per heavy atom. The normalized spacial score (nSPS) is 21.1. The molecule has 0 saturated carbocycles. The van der Waals surface area contributed by atoms with Gasteiger partial charge in [-0.25, -0.2) is 4.79 Å². The Morgan fingerprint density at radius 1 is 1.08 bits per heavy atom. The second-order valence-electron chi connectivity index (χ2n) is 8.57. The van der Waals surface area contributed by atoms with Gasteiger partial charge < -0.3 is 18.9 Å². The van der Waals surface area contributed by atoms with Gasteiger partial charge in [0, 0.05) is 5.92 Å². The molecule has 2 aliphatic rings. The Kier molecular flexibility index (Phi) is 8.81. The van der Waals surface area contributed by atoms with E-state index in [1.54, 1.807) is 31.2 Å². The van der Waals surface area contributed by atoms with Gasteiger partial charge in [0.15, 0.2) is 0 Å². The van der Waals surface area contributed by atoms with E-state index in [9.17, 15) is 13.2 Å². The maximum atomic E-state index is 12.3. The highest BCUT2D eigenvalue weighted by molar-refractivity contribution is 7.89. The van der Waals surface area contributed by atoms with E-state index in [-0.39, 0.29) is 25.0 Å². The quantitative estimate of drug-likeness (QED) is 0.238. The van der Waals surface area contributed by atoms with E-state index in [1.165, 1.54) is 19.4 Å². The number of fused-ring (bicyclic) bond motifs is 1. The summed E-state index contributed by atoms with van der Waals surface area (Å²) in [5.74, 6) is -0.118. The largest absolute Gasteiger partial charge is 0.489 e. The molecule has 8 nitrogen and oxygen atoms in total. The highest BCUT2D eigenvalue weighted by atomic mass is 32.2. The number of rotatable bonds is 11. The first kappa shape index (κ1) is 26.7. The molecule has 0 fully saturated rings. The molecule has 1 aliphatic heterocycles. The van der Waals surface area contributed by atoms with Crippen LogP contribution in [0.2, 0.25) is 0 Å². The van der Waals surface area contributed by atoms with Gasteiger partial charge in [0.1, 0.15) is 12.4 Å². The fraction of sp³-hybridized carbons (Fsp3) is 0.321. The zero-order chi connectivity index (χ0) is 26.3. The highest BCUT2D eigenvalue weighted by Gasteiger charge is 2.45. The lowest BCUT2D eigenvalue weighted by atomic mass is 9.83. The second-order valence-corrected chi connectivity index (χ2v) is 10.1. The minimum atomic E-state index is -3.69. The summed E-state index contributed by atoms with van der Waals surface area (Å²) < 4.78 is 51.0. The molecule has 9 heteroatoms. The van der Waals surface area contributed by atoms with Gasteiger partial charge in [0.25, 0.3) is 10.1 Å². The maximum Gasteiger partial charge on any atom is 0.337 e. The predicted molar refractivity (Wildman–Crippen MR) is 137 cm³/mol. The zero-order valence-electron chi connectivity index (χ0n) is 20.7. The van der Waals surface area contributed by atoms with Crippen molar-refractivity contribution in [2.24, 2.45) is 11.8 Å². The topological polar surface area (TPSA) is 97.4 Å². The summed E-state index contributed by atoms with van der Waals surface area (Å²) in [5, 5.41) is 1.03. The van der Waals surface area contributed by atoms with Crippen LogP contribution in [0.15, 0.2) is 83.5 Å². The van der Waals surface area contributed by atoms with Crippen molar-refractivity contribution in [2.45, 2.75) is 26.2 Å². The fourth-order valence-electron chi connectivity index (χ4n) is 4.39. The molecule has 0 N–H and O–H groups in total. The lowest BCUT2D eigenvalue weighted by Crippen LogP contribution is -2.37. The molecule has 0 unspecified atom stereocenters. The summed E-state index contributed by atoms with van der Waals surface area (Å²) in [4.78, 5) is 12.3. The van der Waals surface area contributed by atoms with E-state index >= 15 is 0 Å². The number of methoxy groups -OCH3 is 1. The Bertz CT molecular complexity index is 1260. The van der Waals surface area contributed by atoms with Gasteiger partial charge in [-0.05, 0) is 48.3 Å². The third-order valence-electron chi connectivity index (χ3n) is 6.19. The Balaban J connectivity index is 1.42. The van der Waals surface area contributed by atoms with Crippen LogP contribution in [0.3, 0.4) is 0 Å². The van der Waals surface area contributed by atoms with Gasteiger partial charge in [0.05, 0.1) is 43.5 Å². The Morgan fingerprint density at radius 2 is 1.84 bits per heavy atom. The number of hydrogen-bond donors (Lipinski definition) is 0. The molecule has 0 aromatic heterocycles. The van der Waals surface area contributed by atoms with E-state index in [1.807, 2.05) is 30.3 Å². The summed E-state index contributed by atoms with van der Waals surface area (Å²) >= 11 is 0. The van der Waals surface area contributed by atoms with Crippen molar-refractivity contribution in [2.75, 3.05) is 20.3 Å². The van der Waals surface area contributed by atoms with Crippen LogP contribution in [0.5, 0.6) is 5.75 Å². The lowest BCUT2D eigenvalue weighted by Gasteiger charge is -2.34. The minimum Gasteiger partial charge on any atom is -0.489 e. The van der Waals surface area contributed by atoms with Crippen molar-refractivity contribution in [3.63, 3.8) is 0 Å². The van der Waals surface area contributed by atoms with Crippen molar-refractivity contribution >= 4 is 22.2 Å². The first-order valence-electron chi connectivity index (χ1n) is 12.0. The number of esters is 1. The van der Waals surface area contributed by atoms with Crippen LogP contribution in [0.1, 0.15) is 24.5 Å². The molecular formula is C28H30O8S. The van der Waals surface area contributed by atoms with Crippen LogP contribution >= 0.6 is 0 Å². The summed E-state index contributed by atoms with van der Waals surface area (Å²) in [7, 11) is -2.34. The van der Waals surface area contributed by atoms with Gasteiger partial charge in [-0.3, -0.25) is 4.18 Å². The molecule has 0 bridgehead atoms.